The standard InChI is InChI=1S/C27H29FN4O4/c1-30-21-11-19(36-2)8-9-20(21)23-24(30)22(12-33)32(25(34)16-6-7-16)15-27(23)13-31(14-27)26(35)29-18-5-3-4-17(28)10-18/h3-5,8-11,16,22,33H,6-7,12-15H2,1-2H3,(H,29,35)/t22-/m1/s1. The normalized spacial score (nSPS) is 20.3. The number of amides is 3. The summed E-state index contributed by atoms with van der Waals surface area (Å²) in [5.74, 6) is 0.399. The van der Waals surface area contributed by atoms with Crippen molar-refractivity contribution in [1.82, 2.24) is 14.4 Å². The molecule has 2 N–H and O–H groups in total. The van der Waals surface area contributed by atoms with E-state index in [9.17, 15) is 19.1 Å². The maximum Gasteiger partial charge on any atom is 0.321 e. The van der Waals surface area contributed by atoms with E-state index in [1.165, 1.54) is 12.1 Å². The largest absolute Gasteiger partial charge is 0.497 e. The van der Waals surface area contributed by atoms with Gasteiger partial charge in [-0.25, -0.2) is 9.18 Å². The number of aryl methyl sites for hydroxylation is 1. The van der Waals surface area contributed by atoms with Crippen LogP contribution in [0.25, 0.3) is 10.9 Å². The van der Waals surface area contributed by atoms with Gasteiger partial charge < -0.3 is 29.5 Å². The Bertz CT molecular complexity index is 1380. The average molecular weight is 493 g/mol. The van der Waals surface area contributed by atoms with Crippen molar-refractivity contribution in [3.8, 4) is 5.75 Å². The van der Waals surface area contributed by atoms with Crippen LogP contribution in [0.15, 0.2) is 42.5 Å². The van der Waals surface area contributed by atoms with Crippen LogP contribution in [0.3, 0.4) is 0 Å². The molecule has 6 rings (SSSR count). The number of urea groups is 1. The molecule has 188 valence electrons. The van der Waals surface area contributed by atoms with Gasteiger partial charge in [0, 0.05) is 55.4 Å². The van der Waals surface area contributed by atoms with Gasteiger partial charge in [0.15, 0.2) is 0 Å². The number of benzene rings is 2. The van der Waals surface area contributed by atoms with Crippen LogP contribution in [-0.2, 0) is 17.3 Å². The molecule has 3 aromatic rings. The molecule has 0 bridgehead atoms. The molecule has 1 saturated carbocycles. The van der Waals surface area contributed by atoms with Crippen molar-refractivity contribution in [3.05, 3.63) is 59.5 Å². The van der Waals surface area contributed by atoms with Gasteiger partial charge >= 0.3 is 6.03 Å². The monoisotopic (exact) mass is 492 g/mol. The lowest BCUT2D eigenvalue weighted by molar-refractivity contribution is -0.139. The van der Waals surface area contributed by atoms with E-state index in [0.717, 1.165) is 40.8 Å². The molecule has 3 aliphatic rings. The van der Waals surface area contributed by atoms with Crippen LogP contribution in [-0.4, -0.2) is 64.8 Å². The van der Waals surface area contributed by atoms with E-state index in [1.807, 2.05) is 30.1 Å². The highest BCUT2D eigenvalue weighted by Crippen LogP contribution is 2.50. The minimum atomic E-state index is -0.459. The number of anilines is 1. The van der Waals surface area contributed by atoms with Crippen molar-refractivity contribution < 1.29 is 23.8 Å². The van der Waals surface area contributed by atoms with E-state index in [-0.39, 0.29) is 24.5 Å². The maximum absolute atomic E-state index is 13.6. The van der Waals surface area contributed by atoms with Crippen molar-refractivity contribution >= 4 is 28.5 Å². The number of nitrogens with zero attached hydrogens (tertiary/aromatic N) is 3. The first-order valence-electron chi connectivity index (χ1n) is 12.2. The van der Waals surface area contributed by atoms with Gasteiger partial charge in [-0.1, -0.05) is 6.07 Å². The van der Waals surface area contributed by atoms with Gasteiger partial charge in [-0.3, -0.25) is 4.79 Å². The summed E-state index contributed by atoms with van der Waals surface area (Å²) in [6, 6.07) is 11.0. The number of halogens is 1. The third kappa shape index (κ3) is 3.44. The number of carbonyl (C=O) groups is 2. The molecule has 2 aliphatic heterocycles. The second kappa shape index (κ2) is 8.23. The van der Waals surface area contributed by atoms with Gasteiger partial charge in [-0.15, -0.1) is 0 Å². The van der Waals surface area contributed by atoms with Crippen molar-refractivity contribution in [2.75, 3.05) is 38.7 Å². The van der Waals surface area contributed by atoms with Crippen molar-refractivity contribution in [2.24, 2.45) is 13.0 Å². The van der Waals surface area contributed by atoms with Crippen molar-refractivity contribution in [3.63, 3.8) is 0 Å². The molecule has 1 aliphatic carbocycles. The molecule has 2 fully saturated rings. The molecule has 1 atom stereocenters. The van der Waals surface area contributed by atoms with E-state index in [1.54, 1.807) is 24.1 Å². The second-order valence-corrected chi connectivity index (χ2v) is 10.2. The zero-order valence-corrected chi connectivity index (χ0v) is 20.3. The molecule has 8 nitrogen and oxygen atoms in total. The highest BCUT2D eigenvalue weighted by molar-refractivity contribution is 5.93. The van der Waals surface area contributed by atoms with Crippen LogP contribution in [0.2, 0.25) is 0 Å². The first kappa shape index (κ1) is 22.8. The van der Waals surface area contributed by atoms with Crippen molar-refractivity contribution in [1.29, 1.82) is 0 Å². The molecule has 3 amide bonds. The van der Waals surface area contributed by atoms with Gasteiger partial charge in [-0.05, 0) is 48.7 Å². The predicted octanol–water partition coefficient (Wildman–Crippen LogP) is 3.40. The minimum Gasteiger partial charge on any atom is -0.497 e. The molecule has 0 radical (unpaired) electrons. The summed E-state index contributed by atoms with van der Waals surface area (Å²) >= 11 is 0. The fourth-order valence-corrected chi connectivity index (χ4v) is 6.01. The summed E-state index contributed by atoms with van der Waals surface area (Å²) in [5, 5.41) is 14.3. The van der Waals surface area contributed by atoms with Gasteiger partial charge in [0.05, 0.1) is 30.7 Å². The molecule has 1 aromatic heterocycles. The Morgan fingerprint density at radius 2 is 1.94 bits per heavy atom. The first-order chi connectivity index (χ1) is 17.3. The second-order valence-electron chi connectivity index (χ2n) is 10.2. The molecule has 36 heavy (non-hydrogen) atoms. The lowest BCUT2D eigenvalue weighted by atomic mass is 9.68. The number of methoxy groups -OCH3 is 1. The van der Waals surface area contributed by atoms with Crippen LogP contribution < -0.4 is 10.1 Å². The van der Waals surface area contributed by atoms with Gasteiger partial charge in [0.2, 0.25) is 5.91 Å². The molecule has 9 heteroatoms. The van der Waals surface area contributed by atoms with E-state index >= 15 is 0 Å². The van der Waals surface area contributed by atoms with Crippen LogP contribution >= 0.6 is 0 Å². The Balaban J connectivity index is 1.39. The number of ether oxygens (including phenoxy) is 1. The fraction of sp³-hybridized carbons (Fsp3) is 0.407. The lowest BCUT2D eigenvalue weighted by Gasteiger charge is -2.56. The summed E-state index contributed by atoms with van der Waals surface area (Å²) in [5.41, 5.74) is 2.88. The van der Waals surface area contributed by atoms with E-state index in [0.29, 0.717) is 25.3 Å². The van der Waals surface area contributed by atoms with Crippen LogP contribution in [0.1, 0.15) is 30.1 Å². The number of carbonyl (C=O) groups excluding carboxylic acids is 2. The van der Waals surface area contributed by atoms with E-state index in [4.69, 9.17) is 4.74 Å². The molecular weight excluding hydrogens is 463 g/mol. The maximum atomic E-state index is 13.6. The van der Waals surface area contributed by atoms with Gasteiger partial charge in [0.1, 0.15) is 11.6 Å². The number of fused-ring (bicyclic) bond motifs is 4. The minimum absolute atomic E-state index is 0.0138. The molecule has 1 spiro atoms. The third-order valence-electron chi connectivity index (χ3n) is 7.88. The van der Waals surface area contributed by atoms with E-state index < -0.39 is 17.3 Å². The fourth-order valence-electron chi connectivity index (χ4n) is 6.01. The Hall–Kier alpha value is -3.59. The number of nitrogens with one attached hydrogen (secondary N) is 1. The number of likely N-dealkylation sites (tertiary alicyclic amines) is 1. The highest BCUT2D eigenvalue weighted by atomic mass is 19.1. The number of hydrogen-bond donors (Lipinski definition) is 2. The number of aliphatic hydroxyl groups is 1. The third-order valence-corrected chi connectivity index (χ3v) is 7.88. The van der Waals surface area contributed by atoms with Crippen LogP contribution in [0.4, 0.5) is 14.9 Å². The Labute approximate surface area is 208 Å². The molecule has 0 unspecified atom stereocenters. The van der Waals surface area contributed by atoms with Crippen LogP contribution in [0.5, 0.6) is 5.75 Å². The molecule has 1 saturated heterocycles. The Morgan fingerprint density at radius 1 is 1.17 bits per heavy atom. The first-order valence-corrected chi connectivity index (χ1v) is 12.2. The zero-order chi connectivity index (χ0) is 25.2. The summed E-state index contributed by atoms with van der Waals surface area (Å²) in [7, 11) is 3.58. The smallest absolute Gasteiger partial charge is 0.321 e. The number of aliphatic hydroxyl groups excluding tert-OH is 1. The molecule has 3 heterocycles. The van der Waals surface area contributed by atoms with Crippen LogP contribution in [0, 0.1) is 11.7 Å². The lowest BCUT2D eigenvalue weighted by Crippen LogP contribution is -2.68. The number of hydrogen-bond acceptors (Lipinski definition) is 4. The van der Waals surface area contributed by atoms with E-state index in [2.05, 4.69) is 9.88 Å². The number of aromatic nitrogens is 1. The Kier molecular flexibility index (Phi) is 5.22. The van der Waals surface area contributed by atoms with Gasteiger partial charge in [-0.2, -0.15) is 0 Å². The summed E-state index contributed by atoms with van der Waals surface area (Å²) in [6.07, 6.45) is 1.75. The topological polar surface area (TPSA) is 87.0 Å². The summed E-state index contributed by atoms with van der Waals surface area (Å²) in [6.45, 7) is 1.10. The van der Waals surface area contributed by atoms with Gasteiger partial charge in [0.25, 0.3) is 0 Å². The average Bonchev–Trinajstić information content (AvgIpc) is 3.66. The molecular formula is C27H29FN4O4. The SMILES string of the molecule is COc1ccc2c3c(n(C)c2c1)[C@@H](CO)N(C(=O)C1CC1)CC31CN(C(=O)Nc2cccc(F)c2)C1. The zero-order valence-electron chi connectivity index (χ0n) is 20.3. The number of rotatable bonds is 4. The Morgan fingerprint density at radius 3 is 2.61 bits per heavy atom. The highest BCUT2D eigenvalue weighted by Gasteiger charge is 2.56. The predicted molar refractivity (Wildman–Crippen MR) is 132 cm³/mol. The molecule has 2 aromatic carbocycles. The quantitative estimate of drug-likeness (QED) is 0.585. The summed E-state index contributed by atoms with van der Waals surface area (Å²) in [4.78, 5) is 29.9. The van der Waals surface area contributed by atoms with Crippen molar-refractivity contribution in [2.45, 2.75) is 24.3 Å². The summed E-state index contributed by atoms with van der Waals surface area (Å²) < 4.78 is 21.1.